The van der Waals surface area contributed by atoms with Crippen LogP contribution in [0.25, 0.3) is 5.69 Å². The number of hydrogen-bond acceptors (Lipinski definition) is 4. The van der Waals surface area contributed by atoms with E-state index in [2.05, 4.69) is 75.8 Å². The summed E-state index contributed by atoms with van der Waals surface area (Å²) in [5.41, 5.74) is 5.72. The van der Waals surface area contributed by atoms with Crippen LogP contribution < -0.4 is 5.32 Å². The second kappa shape index (κ2) is 8.53. The van der Waals surface area contributed by atoms with Gasteiger partial charge in [-0.25, -0.2) is 0 Å². The van der Waals surface area contributed by atoms with Crippen molar-refractivity contribution in [3.63, 3.8) is 0 Å². The van der Waals surface area contributed by atoms with Crippen molar-refractivity contribution in [2.24, 2.45) is 0 Å². The Labute approximate surface area is 183 Å². The van der Waals surface area contributed by atoms with E-state index in [0.29, 0.717) is 0 Å². The first-order chi connectivity index (χ1) is 14.5. The van der Waals surface area contributed by atoms with Crippen LogP contribution in [0.3, 0.4) is 0 Å². The van der Waals surface area contributed by atoms with Crippen LogP contribution in [0.5, 0.6) is 0 Å². The van der Waals surface area contributed by atoms with E-state index in [1.807, 2.05) is 30.6 Å². The van der Waals surface area contributed by atoms with E-state index < -0.39 is 0 Å². The van der Waals surface area contributed by atoms with Gasteiger partial charge in [-0.3, -0.25) is 9.97 Å². The lowest BCUT2D eigenvalue weighted by molar-refractivity contribution is 0.277. The standard InChI is InChI=1S/C23H28N6S/c1-16-14-19(17(2)29(16)18-8-7-10-24-15-18)22-21(20-9-5-6-11-25-20)26-23(30)28(22)13-12-27(3)4/h5-11,14-15,21-22H,12-13H2,1-4H3,(H,26,30)/t21-,22-/m1/s1. The maximum atomic E-state index is 5.77. The molecule has 156 valence electrons. The molecule has 0 bridgehead atoms. The molecular formula is C23H28N6S. The lowest BCUT2D eigenvalue weighted by Gasteiger charge is -2.29. The normalized spacial score (nSPS) is 18.8. The van der Waals surface area contributed by atoms with Gasteiger partial charge in [-0.15, -0.1) is 0 Å². The molecule has 0 spiro atoms. The molecule has 1 N–H and O–H groups in total. The molecule has 0 saturated carbocycles. The summed E-state index contributed by atoms with van der Waals surface area (Å²) in [5.74, 6) is 0. The Morgan fingerprint density at radius 3 is 2.63 bits per heavy atom. The first-order valence-corrected chi connectivity index (χ1v) is 10.6. The van der Waals surface area contributed by atoms with Gasteiger partial charge in [0.25, 0.3) is 0 Å². The second-order valence-corrected chi connectivity index (χ2v) is 8.38. The first-order valence-electron chi connectivity index (χ1n) is 10.2. The van der Waals surface area contributed by atoms with Crippen molar-refractivity contribution >= 4 is 17.3 Å². The molecule has 30 heavy (non-hydrogen) atoms. The van der Waals surface area contributed by atoms with E-state index in [1.165, 1.54) is 17.0 Å². The summed E-state index contributed by atoms with van der Waals surface area (Å²) < 4.78 is 2.27. The predicted molar refractivity (Wildman–Crippen MR) is 124 cm³/mol. The number of nitrogens with zero attached hydrogens (tertiary/aromatic N) is 5. The molecule has 1 saturated heterocycles. The fraction of sp³-hybridized carbons (Fsp3) is 0.348. The molecule has 0 radical (unpaired) electrons. The van der Waals surface area contributed by atoms with Gasteiger partial charge in [0.2, 0.25) is 0 Å². The summed E-state index contributed by atoms with van der Waals surface area (Å²) in [6.45, 7) is 6.10. The maximum absolute atomic E-state index is 5.77. The molecule has 3 aromatic rings. The molecule has 7 heteroatoms. The Morgan fingerprint density at radius 2 is 1.97 bits per heavy atom. The van der Waals surface area contributed by atoms with E-state index >= 15 is 0 Å². The monoisotopic (exact) mass is 420 g/mol. The molecule has 3 aromatic heterocycles. The van der Waals surface area contributed by atoms with Gasteiger partial charge in [0, 0.05) is 36.9 Å². The van der Waals surface area contributed by atoms with Gasteiger partial charge in [-0.1, -0.05) is 6.07 Å². The zero-order valence-electron chi connectivity index (χ0n) is 17.9. The summed E-state index contributed by atoms with van der Waals surface area (Å²) in [6, 6.07) is 12.5. The largest absolute Gasteiger partial charge is 0.352 e. The van der Waals surface area contributed by atoms with Crippen molar-refractivity contribution in [2.45, 2.75) is 25.9 Å². The molecule has 0 amide bonds. The summed E-state index contributed by atoms with van der Waals surface area (Å²) in [4.78, 5) is 13.4. The lowest BCUT2D eigenvalue weighted by atomic mass is 9.97. The molecule has 0 aliphatic carbocycles. The number of aryl methyl sites for hydroxylation is 1. The van der Waals surface area contributed by atoms with E-state index in [9.17, 15) is 0 Å². The number of rotatable bonds is 6. The van der Waals surface area contributed by atoms with Crippen molar-refractivity contribution in [1.29, 1.82) is 0 Å². The predicted octanol–water partition coefficient (Wildman–Crippen LogP) is 3.42. The average molecular weight is 421 g/mol. The summed E-state index contributed by atoms with van der Waals surface area (Å²) in [7, 11) is 4.18. The SMILES string of the molecule is Cc1cc([C@@H]2[C@@H](c3ccccn3)NC(=S)N2CCN(C)C)c(C)n1-c1cccnc1. The highest BCUT2D eigenvalue weighted by molar-refractivity contribution is 7.80. The van der Waals surface area contributed by atoms with Gasteiger partial charge < -0.3 is 19.7 Å². The minimum absolute atomic E-state index is 0.00344. The van der Waals surface area contributed by atoms with Gasteiger partial charge in [0.1, 0.15) is 0 Å². The number of pyridine rings is 2. The van der Waals surface area contributed by atoms with Crippen LogP contribution in [0, 0.1) is 13.8 Å². The Balaban J connectivity index is 1.80. The molecule has 0 unspecified atom stereocenters. The molecule has 0 aromatic carbocycles. The molecular weight excluding hydrogens is 392 g/mol. The highest BCUT2D eigenvalue weighted by Gasteiger charge is 2.41. The van der Waals surface area contributed by atoms with Gasteiger partial charge in [-0.2, -0.15) is 0 Å². The number of likely N-dealkylation sites (N-methyl/N-ethyl adjacent to an activating group) is 1. The van der Waals surface area contributed by atoms with E-state index in [4.69, 9.17) is 12.2 Å². The number of thiocarbonyl (C=S) groups is 1. The van der Waals surface area contributed by atoms with Crippen molar-refractivity contribution in [1.82, 2.24) is 29.7 Å². The third kappa shape index (κ3) is 3.82. The minimum Gasteiger partial charge on any atom is -0.352 e. The molecule has 2 atom stereocenters. The molecule has 4 heterocycles. The first kappa shape index (κ1) is 20.5. The lowest BCUT2D eigenvalue weighted by Crippen LogP contribution is -2.35. The molecule has 1 aliphatic rings. The number of hydrogen-bond donors (Lipinski definition) is 1. The van der Waals surface area contributed by atoms with Crippen LogP contribution in [0.2, 0.25) is 0 Å². The Morgan fingerprint density at radius 1 is 1.13 bits per heavy atom. The summed E-state index contributed by atoms with van der Waals surface area (Å²) >= 11 is 5.77. The summed E-state index contributed by atoms with van der Waals surface area (Å²) in [5, 5.41) is 4.32. The molecule has 6 nitrogen and oxygen atoms in total. The number of nitrogens with one attached hydrogen (secondary N) is 1. The maximum Gasteiger partial charge on any atom is 0.170 e. The molecule has 1 aliphatic heterocycles. The Hall–Kier alpha value is -2.77. The fourth-order valence-electron chi connectivity index (χ4n) is 4.26. The van der Waals surface area contributed by atoms with Gasteiger partial charge >= 0.3 is 0 Å². The van der Waals surface area contributed by atoms with Crippen molar-refractivity contribution in [3.05, 3.63) is 77.6 Å². The van der Waals surface area contributed by atoms with Gasteiger partial charge in [0.15, 0.2) is 5.11 Å². The zero-order chi connectivity index (χ0) is 21.3. The highest BCUT2D eigenvalue weighted by Crippen LogP contribution is 2.41. The summed E-state index contributed by atoms with van der Waals surface area (Å²) in [6.07, 6.45) is 5.55. The number of aromatic nitrogens is 3. The van der Waals surface area contributed by atoms with Crippen LogP contribution in [-0.4, -0.2) is 56.6 Å². The average Bonchev–Trinajstić information content (AvgIpc) is 3.22. The second-order valence-electron chi connectivity index (χ2n) is 8.00. The fourth-order valence-corrected chi connectivity index (χ4v) is 4.59. The Kier molecular flexibility index (Phi) is 5.83. The Bertz CT molecular complexity index is 1010. The quantitative estimate of drug-likeness (QED) is 0.617. The molecule has 4 rings (SSSR count). The third-order valence-electron chi connectivity index (χ3n) is 5.68. The van der Waals surface area contributed by atoms with E-state index in [-0.39, 0.29) is 12.1 Å². The van der Waals surface area contributed by atoms with E-state index in [0.717, 1.165) is 29.6 Å². The van der Waals surface area contributed by atoms with Gasteiger partial charge in [0.05, 0.1) is 29.7 Å². The van der Waals surface area contributed by atoms with Gasteiger partial charge in [-0.05, 0) is 76.1 Å². The van der Waals surface area contributed by atoms with Crippen molar-refractivity contribution in [2.75, 3.05) is 27.2 Å². The van der Waals surface area contributed by atoms with Crippen LogP contribution in [-0.2, 0) is 0 Å². The van der Waals surface area contributed by atoms with Crippen LogP contribution in [0.1, 0.15) is 34.7 Å². The smallest absolute Gasteiger partial charge is 0.170 e. The van der Waals surface area contributed by atoms with Crippen molar-refractivity contribution in [3.8, 4) is 5.69 Å². The van der Waals surface area contributed by atoms with Crippen LogP contribution in [0.4, 0.5) is 0 Å². The van der Waals surface area contributed by atoms with Crippen molar-refractivity contribution < 1.29 is 0 Å². The molecule has 1 fully saturated rings. The zero-order valence-corrected chi connectivity index (χ0v) is 18.7. The topological polar surface area (TPSA) is 49.2 Å². The minimum atomic E-state index is 0.00344. The highest BCUT2D eigenvalue weighted by atomic mass is 32.1. The van der Waals surface area contributed by atoms with E-state index in [1.54, 1.807) is 6.20 Å². The van der Waals surface area contributed by atoms with Crippen LogP contribution in [0.15, 0.2) is 55.0 Å². The third-order valence-corrected chi connectivity index (χ3v) is 6.03. The van der Waals surface area contributed by atoms with Crippen LogP contribution >= 0.6 is 12.2 Å².